The summed E-state index contributed by atoms with van der Waals surface area (Å²) in [5, 5.41) is 12.1. The minimum atomic E-state index is -0.899. The van der Waals surface area contributed by atoms with E-state index in [0.717, 1.165) is 25.9 Å². The van der Waals surface area contributed by atoms with Gasteiger partial charge in [-0.1, -0.05) is 6.92 Å². The highest BCUT2D eigenvalue weighted by molar-refractivity contribution is 5.83. The van der Waals surface area contributed by atoms with Crippen molar-refractivity contribution in [2.45, 2.75) is 38.3 Å². The monoisotopic (exact) mass is 269 g/mol. The highest BCUT2D eigenvalue weighted by atomic mass is 16.4. The SMILES string of the molecule is CC1CN(C)CCC1NC(=O)N1CCCC1C(=O)O. The second-order valence-electron chi connectivity index (χ2n) is 5.77. The number of carboxylic acids is 1. The van der Waals surface area contributed by atoms with Gasteiger partial charge in [-0.05, 0) is 38.8 Å². The van der Waals surface area contributed by atoms with Gasteiger partial charge < -0.3 is 20.2 Å². The zero-order chi connectivity index (χ0) is 14.0. The highest BCUT2D eigenvalue weighted by Gasteiger charge is 2.35. The predicted octanol–water partition coefficient (Wildman–Crippen LogP) is 0.585. The minimum Gasteiger partial charge on any atom is -0.480 e. The first kappa shape index (κ1) is 14.1. The zero-order valence-electron chi connectivity index (χ0n) is 11.6. The third-order valence-corrected chi connectivity index (χ3v) is 4.22. The summed E-state index contributed by atoms with van der Waals surface area (Å²) in [7, 11) is 2.08. The molecule has 2 aliphatic rings. The average molecular weight is 269 g/mol. The molecule has 0 spiro atoms. The quantitative estimate of drug-likeness (QED) is 0.769. The number of rotatable bonds is 2. The van der Waals surface area contributed by atoms with Gasteiger partial charge in [0.2, 0.25) is 0 Å². The van der Waals surface area contributed by atoms with Crippen LogP contribution in [-0.4, -0.2) is 65.7 Å². The van der Waals surface area contributed by atoms with E-state index < -0.39 is 12.0 Å². The number of piperidine rings is 1. The maximum absolute atomic E-state index is 12.2. The molecule has 0 aromatic heterocycles. The molecular weight excluding hydrogens is 246 g/mol. The van der Waals surface area contributed by atoms with Gasteiger partial charge in [-0.15, -0.1) is 0 Å². The van der Waals surface area contributed by atoms with E-state index in [-0.39, 0.29) is 12.1 Å². The second-order valence-corrected chi connectivity index (χ2v) is 5.77. The van der Waals surface area contributed by atoms with E-state index >= 15 is 0 Å². The first-order chi connectivity index (χ1) is 8.99. The summed E-state index contributed by atoms with van der Waals surface area (Å²) in [6, 6.07) is -0.716. The van der Waals surface area contributed by atoms with Gasteiger partial charge in [0.05, 0.1) is 0 Å². The van der Waals surface area contributed by atoms with E-state index in [9.17, 15) is 9.59 Å². The number of amides is 2. The summed E-state index contributed by atoms with van der Waals surface area (Å²) >= 11 is 0. The maximum Gasteiger partial charge on any atom is 0.326 e. The van der Waals surface area contributed by atoms with Crippen LogP contribution in [-0.2, 0) is 4.79 Å². The van der Waals surface area contributed by atoms with Crippen molar-refractivity contribution in [3.63, 3.8) is 0 Å². The van der Waals surface area contributed by atoms with Crippen LogP contribution < -0.4 is 5.32 Å². The number of nitrogens with one attached hydrogen (secondary N) is 1. The van der Waals surface area contributed by atoms with E-state index in [1.807, 2.05) is 0 Å². The number of carboxylic acid groups (broad SMARTS) is 1. The van der Waals surface area contributed by atoms with Gasteiger partial charge in [-0.3, -0.25) is 0 Å². The van der Waals surface area contributed by atoms with Crippen LogP contribution >= 0.6 is 0 Å². The first-order valence-corrected chi connectivity index (χ1v) is 6.97. The van der Waals surface area contributed by atoms with Crippen molar-refractivity contribution >= 4 is 12.0 Å². The van der Waals surface area contributed by atoms with Gasteiger partial charge in [0.25, 0.3) is 0 Å². The molecule has 2 saturated heterocycles. The van der Waals surface area contributed by atoms with Crippen molar-refractivity contribution < 1.29 is 14.7 Å². The molecular formula is C13H23N3O3. The number of nitrogens with zero attached hydrogens (tertiary/aromatic N) is 2. The largest absolute Gasteiger partial charge is 0.480 e. The Morgan fingerprint density at radius 2 is 2.00 bits per heavy atom. The topological polar surface area (TPSA) is 72.9 Å². The molecule has 3 atom stereocenters. The lowest BCUT2D eigenvalue weighted by molar-refractivity contribution is -0.141. The van der Waals surface area contributed by atoms with Gasteiger partial charge >= 0.3 is 12.0 Å². The van der Waals surface area contributed by atoms with Crippen molar-refractivity contribution in [1.82, 2.24) is 15.1 Å². The Hall–Kier alpha value is -1.30. The highest BCUT2D eigenvalue weighted by Crippen LogP contribution is 2.20. The van der Waals surface area contributed by atoms with Gasteiger partial charge in [0, 0.05) is 19.1 Å². The van der Waals surface area contributed by atoms with Gasteiger partial charge in [-0.2, -0.15) is 0 Å². The van der Waals surface area contributed by atoms with Gasteiger partial charge in [0.1, 0.15) is 6.04 Å². The Labute approximate surface area is 113 Å². The van der Waals surface area contributed by atoms with E-state index in [1.54, 1.807) is 0 Å². The van der Waals surface area contributed by atoms with E-state index in [4.69, 9.17) is 5.11 Å². The first-order valence-electron chi connectivity index (χ1n) is 6.97. The van der Waals surface area contributed by atoms with Gasteiger partial charge in [0.15, 0.2) is 0 Å². The molecule has 2 fully saturated rings. The van der Waals surface area contributed by atoms with Crippen LogP contribution in [0.3, 0.4) is 0 Å². The molecule has 0 aromatic rings. The molecule has 0 radical (unpaired) electrons. The second kappa shape index (κ2) is 5.77. The molecule has 3 unspecified atom stereocenters. The lowest BCUT2D eigenvalue weighted by Crippen LogP contribution is -2.54. The zero-order valence-corrected chi connectivity index (χ0v) is 11.6. The van der Waals surface area contributed by atoms with Crippen LogP contribution in [0.25, 0.3) is 0 Å². The van der Waals surface area contributed by atoms with E-state index in [2.05, 4.69) is 24.2 Å². The molecule has 6 nitrogen and oxygen atoms in total. The molecule has 0 aliphatic carbocycles. The summed E-state index contributed by atoms with van der Waals surface area (Å²) in [4.78, 5) is 27.0. The summed E-state index contributed by atoms with van der Waals surface area (Å²) < 4.78 is 0. The standard InChI is InChI=1S/C13H23N3O3/c1-9-8-15(2)7-5-10(9)14-13(19)16-6-3-4-11(16)12(17)18/h9-11H,3-8H2,1-2H3,(H,14,19)(H,17,18). The van der Waals surface area contributed by atoms with Crippen LogP contribution in [0.15, 0.2) is 0 Å². The molecule has 2 heterocycles. The van der Waals surface area contributed by atoms with Crippen LogP contribution in [0.5, 0.6) is 0 Å². The summed E-state index contributed by atoms with van der Waals surface area (Å²) in [5.74, 6) is -0.502. The van der Waals surface area contributed by atoms with Crippen molar-refractivity contribution in [2.75, 3.05) is 26.7 Å². The molecule has 2 N–H and O–H groups in total. The third kappa shape index (κ3) is 3.18. The number of urea groups is 1. The smallest absolute Gasteiger partial charge is 0.326 e. The van der Waals surface area contributed by atoms with E-state index in [1.165, 1.54) is 4.90 Å². The number of likely N-dealkylation sites (tertiary alicyclic amines) is 2. The number of carbonyl (C=O) groups excluding carboxylic acids is 1. The Balaban J connectivity index is 1.92. The number of aliphatic carboxylic acids is 1. The lowest BCUT2D eigenvalue weighted by Gasteiger charge is -2.36. The van der Waals surface area contributed by atoms with Crippen LogP contribution in [0.1, 0.15) is 26.2 Å². The number of carbonyl (C=O) groups is 2. The van der Waals surface area contributed by atoms with E-state index in [0.29, 0.717) is 18.9 Å². The molecule has 0 saturated carbocycles. The van der Waals surface area contributed by atoms with Crippen molar-refractivity contribution in [3.05, 3.63) is 0 Å². The molecule has 19 heavy (non-hydrogen) atoms. The van der Waals surface area contributed by atoms with Gasteiger partial charge in [-0.25, -0.2) is 9.59 Å². The Bertz CT molecular complexity index is 361. The predicted molar refractivity (Wildman–Crippen MR) is 71.0 cm³/mol. The molecule has 2 aliphatic heterocycles. The maximum atomic E-state index is 12.2. The van der Waals surface area contributed by atoms with Crippen LogP contribution in [0.2, 0.25) is 0 Å². The Morgan fingerprint density at radius 1 is 1.26 bits per heavy atom. The third-order valence-electron chi connectivity index (χ3n) is 4.22. The van der Waals surface area contributed by atoms with Crippen LogP contribution in [0.4, 0.5) is 4.79 Å². The normalized spacial score (nSPS) is 32.3. The molecule has 0 aromatic carbocycles. The minimum absolute atomic E-state index is 0.152. The molecule has 0 bridgehead atoms. The molecule has 6 heteroatoms. The summed E-state index contributed by atoms with van der Waals surface area (Å²) in [6.07, 6.45) is 2.26. The van der Waals surface area contributed by atoms with Crippen LogP contribution in [0, 0.1) is 5.92 Å². The van der Waals surface area contributed by atoms with Crippen molar-refractivity contribution in [2.24, 2.45) is 5.92 Å². The lowest BCUT2D eigenvalue weighted by atomic mass is 9.94. The summed E-state index contributed by atoms with van der Waals surface area (Å²) in [5.41, 5.74) is 0. The fourth-order valence-electron chi connectivity index (χ4n) is 3.08. The molecule has 2 amide bonds. The Kier molecular flexibility index (Phi) is 4.29. The van der Waals surface area contributed by atoms with Crippen molar-refractivity contribution in [1.29, 1.82) is 0 Å². The Morgan fingerprint density at radius 3 is 2.63 bits per heavy atom. The number of hydrogen-bond donors (Lipinski definition) is 2. The fraction of sp³-hybridized carbons (Fsp3) is 0.846. The van der Waals surface area contributed by atoms with Crippen molar-refractivity contribution in [3.8, 4) is 0 Å². The average Bonchev–Trinajstić information content (AvgIpc) is 2.82. The summed E-state index contributed by atoms with van der Waals surface area (Å²) in [6.45, 7) is 4.61. The fourth-order valence-corrected chi connectivity index (χ4v) is 3.08. The molecule has 2 rings (SSSR count). The number of hydrogen-bond acceptors (Lipinski definition) is 3. The molecule has 108 valence electrons.